The van der Waals surface area contributed by atoms with E-state index in [0.717, 1.165) is 6.08 Å². The first-order valence-electron chi connectivity index (χ1n) is 12.2. The van der Waals surface area contributed by atoms with Gasteiger partial charge in [-0.15, -0.1) is 0 Å². The zero-order valence-electron chi connectivity index (χ0n) is 21.3. The number of allylic oxidation sites excluding steroid dienone is 1. The SMILES string of the molecule is C/C(=C\C(=O)O[C@@H]1[C@H](C)C[C@H]2O[C@]1(O)[C@@H](O)[C@@]1(C)CC[C@H](O1)C(C)(C)/C=C/[C@H](C)C2=O)C(C)O. The lowest BCUT2D eigenvalue weighted by Gasteiger charge is -2.51. The average Bonchev–Trinajstić information content (AvgIpc) is 3.17. The Morgan fingerprint density at radius 3 is 2.53 bits per heavy atom. The predicted molar refractivity (Wildman–Crippen MR) is 125 cm³/mol. The van der Waals surface area contributed by atoms with Crippen LogP contribution in [0.3, 0.4) is 0 Å². The van der Waals surface area contributed by atoms with E-state index in [1.807, 2.05) is 26.0 Å². The van der Waals surface area contributed by atoms with Gasteiger partial charge in [-0.3, -0.25) is 4.79 Å². The number of carbonyl (C=O) groups excluding carboxylic acids is 2. The molecule has 0 aromatic heterocycles. The van der Waals surface area contributed by atoms with Crippen LogP contribution in [0.4, 0.5) is 0 Å². The molecule has 0 amide bonds. The van der Waals surface area contributed by atoms with E-state index in [9.17, 15) is 24.9 Å². The highest BCUT2D eigenvalue weighted by Crippen LogP contribution is 2.48. The van der Waals surface area contributed by atoms with Gasteiger partial charge >= 0.3 is 5.97 Å². The van der Waals surface area contributed by atoms with E-state index in [4.69, 9.17) is 14.2 Å². The largest absolute Gasteiger partial charge is 0.453 e. The minimum atomic E-state index is -2.36. The quantitative estimate of drug-likeness (QED) is 0.320. The summed E-state index contributed by atoms with van der Waals surface area (Å²) in [6, 6.07) is 0. The van der Waals surface area contributed by atoms with Crippen LogP contribution in [-0.2, 0) is 23.8 Å². The molecule has 0 aromatic rings. The van der Waals surface area contributed by atoms with Gasteiger partial charge in [0.05, 0.1) is 17.8 Å². The van der Waals surface area contributed by atoms with Crippen molar-refractivity contribution in [3.8, 4) is 0 Å². The Labute approximate surface area is 202 Å². The van der Waals surface area contributed by atoms with Gasteiger partial charge in [0, 0.05) is 23.3 Å². The van der Waals surface area contributed by atoms with Gasteiger partial charge in [0.2, 0.25) is 5.79 Å². The van der Waals surface area contributed by atoms with Gasteiger partial charge in [-0.2, -0.15) is 0 Å². The van der Waals surface area contributed by atoms with E-state index in [1.165, 1.54) is 6.92 Å². The molecule has 4 bridgehead atoms. The lowest BCUT2D eigenvalue weighted by atomic mass is 9.78. The maximum absolute atomic E-state index is 13.2. The summed E-state index contributed by atoms with van der Waals surface area (Å²) in [5, 5.41) is 33.0. The van der Waals surface area contributed by atoms with Crippen molar-refractivity contribution in [1.82, 2.24) is 0 Å². The van der Waals surface area contributed by atoms with Crippen molar-refractivity contribution in [1.29, 1.82) is 0 Å². The molecule has 9 atom stereocenters. The minimum absolute atomic E-state index is 0.210. The van der Waals surface area contributed by atoms with Crippen LogP contribution in [0.15, 0.2) is 23.8 Å². The lowest BCUT2D eigenvalue weighted by Crippen LogP contribution is -2.68. The number of ketones is 1. The van der Waals surface area contributed by atoms with E-state index >= 15 is 0 Å². The molecule has 8 heteroatoms. The van der Waals surface area contributed by atoms with Crippen molar-refractivity contribution in [2.45, 2.75) is 110 Å². The van der Waals surface area contributed by atoms with Crippen LogP contribution in [0, 0.1) is 17.3 Å². The zero-order valence-corrected chi connectivity index (χ0v) is 21.3. The molecule has 3 aliphatic rings. The first kappa shape index (κ1) is 27.0. The monoisotopic (exact) mass is 480 g/mol. The number of aliphatic hydroxyl groups excluding tert-OH is 2. The summed E-state index contributed by atoms with van der Waals surface area (Å²) in [4.78, 5) is 25.9. The standard InChI is InChI=1S/C26H40O8/c1-14-8-10-24(5,6)19-9-11-25(7,34-19)23(30)26(31)22(16(3)12-18(33-26)21(14)29)32-20(28)13-15(2)17(4)27/h8,10,13-14,16-19,22-23,27,30-31H,9,11-12H2,1-7H3/b10-8+,15-13+/t14-,16+,17?,18+,19-,22+,23-,25+,26-/m0/s1. The molecule has 3 N–H and O–H groups in total. The minimum Gasteiger partial charge on any atom is -0.453 e. The summed E-state index contributed by atoms with van der Waals surface area (Å²) in [7, 11) is 0. The third-order valence-corrected chi connectivity index (χ3v) is 7.78. The number of Topliss-reactive ketones (excluding diaryl/α,β-unsaturated/α-hetero) is 1. The molecule has 192 valence electrons. The molecule has 3 heterocycles. The maximum Gasteiger partial charge on any atom is 0.331 e. The van der Waals surface area contributed by atoms with Crippen LogP contribution in [-0.4, -0.2) is 69.0 Å². The van der Waals surface area contributed by atoms with Crippen LogP contribution in [0.5, 0.6) is 0 Å². The summed E-state index contributed by atoms with van der Waals surface area (Å²) in [6.07, 6.45) is 1.38. The van der Waals surface area contributed by atoms with Crippen LogP contribution in [0.2, 0.25) is 0 Å². The molecule has 34 heavy (non-hydrogen) atoms. The van der Waals surface area contributed by atoms with Gasteiger partial charge in [0.1, 0.15) is 12.2 Å². The van der Waals surface area contributed by atoms with E-state index in [-0.39, 0.29) is 18.3 Å². The summed E-state index contributed by atoms with van der Waals surface area (Å²) in [5.41, 5.74) is -1.19. The Balaban J connectivity index is 2.04. The molecule has 2 fully saturated rings. The molecule has 0 radical (unpaired) electrons. The summed E-state index contributed by atoms with van der Waals surface area (Å²) >= 11 is 0. The number of rotatable bonds is 3. The van der Waals surface area contributed by atoms with Crippen molar-refractivity contribution in [3.05, 3.63) is 23.8 Å². The van der Waals surface area contributed by atoms with Crippen LogP contribution < -0.4 is 0 Å². The first-order chi connectivity index (χ1) is 15.6. The van der Waals surface area contributed by atoms with Crippen molar-refractivity contribution in [3.63, 3.8) is 0 Å². The molecule has 0 aliphatic carbocycles. The Hall–Kier alpha value is -1.58. The number of fused-ring (bicyclic) bond motifs is 4. The van der Waals surface area contributed by atoms with Crippen molar-refractivity contribution in [2.24, 2.45) is 17.3 Å². The van der Waals surface area contributed by atoms with Crippen LogP contribution in [0.25, 0.3) is 0 Å². The third kappa shape index (κ3) is 5.02. The van der Waals surface area contributed by atoms with Crippen molar-refractivity contribution >= 4 is 11.8 Å². The van der Waals surface area contributed by atoms with Gasteiger partial charge in [-0.05, 0) is 45.6 Å². The molecule has 0 saturated carbocycles. The van der Waals surface area contributed by atoms with Gasteiger partial charge in [0.25, 0.3) is 0 Å². The molecule has 3 rings (SSSR count). The zero-order chi connectivity index (χ0) is 25.6. The highest BCUT2D eigenvalue weighted by atomic mass is 16.7. The van der Waals surface area contributed by atoms with Gasteiger partial charge in [-0.1, -0.05) is 39.8 Å². The number of ether oxygens (including phenoxy) is 3. The molecular formula is C26H40O8. The average molecular weight is 481 g/mol. The Morgan fingerprint density at radius 2 is 1.91 bits per heavy atom. The third-order valence-electron chi connectivity index (χ3n) is 7.78. The Morgan fingerprint density at radius 1 is 1.26 bits per heavy atom. The highest BCUT2D eigenvalue weighted by Gasteiger charge is 2.62. The number of hydrogen-bond donors (Lipinski definition) is 3. The molecule has 2 saturated heterocycles. The van der Waals surface area contributed by atoms with E-state index < -0.39 is 59.0 Å². The fraction of sp³-hybridized carbons (Fsp3) is 0.769. The smallest absolute Gasteiger partial charge is 0.331 e. The van der Waals surface area contributed by atoms with Gasteiger partial charge < -0.3 is 29.5 Å². The fourth-order valence-electron chi connectivity index (χ4n) is 5.18. The highest BCUT2D eigenvalue weighted by molar-refractivity contribution is 5.87. The predicted octanol–water partition coefficient (Wildman–Crippen LogP) is 2.44. The van der Waals surface area contributed by atoms with Crippen molar-refractivity contribution < 1.29 is 39.1 Å². The molecule has 0 aromatic carbocycles. The van der Waals surface area contributed by atoms with Gasteiger partial charge in [-0.25, -0.2) is 4.79 Å². The van der Waals surface area contributed by atoms with Crippen LogP contribution >= 0.6 is 0 Å². The second kappa shape index (κ2) is 9.47. The maximum atomic E-state index is 13.2. The summed E-state index contributed by atoms with van der Waals surface area (Å²) in [6.45, 7) is 12.4. The second-order valence-electron chi connectivity index (χ2n) is 11.2. The van der Waals surface area contributed by atoms with E-state index in [0.29, 0.717) is 18.4 Å². The number of carbonyl (C=O) groups is 2. The topological polar surface area (TPSA) is 123 Å². The van der Waals surface area contributed by atoms with E-state index in [2.05, 4.69) is 0 Å². The van der Waals surface area contributed by atoms with Crippen LogP contribution in [0.1, 0.15) is 67.7 Å². The number of hydrogen-bond acceptors (Lipinski definition) is 8. The van der Waals surface area contributed by atoms with Gasteiger partial charge in [0.15, 0.2) is 11.9 Å². The number of esters is 1. The second-order valence-corrected chi connectivity index (χ2v) is 11.2. The summed E-state index contributed by atoms with van der Waals surface area (Å²) < 4.78 is 17.9. The Bertz CT molecular complexity index is 861. The van der Waals surface area contributed by atoms with Crippen molar-refractivity contribution in [2.75, 3.05) is 0 Å². The first-order valence-corrected chi connectivity index (χ1v) is 12.2. The fourth-order valence-corrected chi connectivity index (χ4v) is 5.18. The number of aliphatic hydroxyl groups is 3. The molecule has 3 aliphatic heterocycles. The molecule has 1 unspecified atom stereocenters. The lowest BCUT2D eigenvalue weighted by molar-refractivity contribution is -0.363. The molecule has 8 nitrogen and oxygen atoms in total. The normalized spacial score (nSPS) is 44.5. The molecular weight excluding hydrogens is 440 g/mol. The summed E-state index contributed by atoms with van der Waals surface area (Å²) in [5.74, 6) is -4.32. The Kier molecular flexibility index (Phi) is 7.52. The molecule has 0 spiro atoms. The van der Waals surface area contributed by atoms with E-state index in [1.54, 1.807) is 27.7 Å².